The molecule has 0 spiro atoms. The lowest BCUT2D eigenvalue weighted by molar-refractivity contribution is 0.0951. The predicted molar refractivity (Wildman–Crippen MR) is 84.0 cm³/mol. The van der Waals surface area contributed by atoms with Gasteiger partial charge in [0.15, 0.2) is 0 Å². The number of nitrogens with zero attached hydrogens (tertiary/aromatic N) is 2. The first-order chi connectivity index (χ1) is 10.6. The van der Waals surface area contributed by atoms with Crippen molar-refractivity contribution in [2.24, 2.45) is 0 Å². The van der Waals surface area contributed by atoms with Crippen LogP contribution in [0.4, 0.5) is 0 Å². The fourth-order valence-corrected chi connectivity index (χ4v) is 2.55. The molecule has 0 saturated carbocycles. The van der Waals surface area contributed by atoms with Gasteiger partial charge in [0.1, 0.15) is 5.75 Å². The van der Waals surface area contributed by atoms with E-state index < -0.39 is 0 Å². The van der Waals surface area contributed by atoms with Crippen LogP contribution in [-0.4, -0.2) is 22.3 Å². The molecule has 1 aliphatic rings. The Morgan fingerprint density at radius 1 is 1.45 bits per heavy atom. The third-order valence-electron chi connectivity index (χ3n) is 3.82. The van der Waals surface area contributed by atoms with E-state index in [1.54, 1.807) is 17.1 Å². The van der Waals surface area contributed by atoms with Crippen LogP contribution in [0, 0.1) is 0 Å². The molecule has 1 aromatic heterocycles. The lowest BCUT2D eigenvalue weighted by Gasteiger charge is -2.18. The molecule has 0 unspecified atom stereocenters. The zero-order chi connectivity index (χ0) is 15.5. The maximum absolute atomic E-state index is 12.2. The minimum atomic E-state index is -0.0964. The summed E-state index contributed by atoms with van der Waals surface area (Å²) >= 11 is 0. The van der Waals surface area contributed by atoms with Gasteiger partial charge in [-0.15, -0.1) is 0 Å². The number of carbonyl (C=O) groups is 1. The molecule has 1 aromatic carbocycles. The van der Waals surface area contributed by atoms with Gasteiger partial charge in [0.05, 0.1) is 18.4 Å². The van der Waals surface area contributed by atoms with Gasteiger partial charge in [0.25, 0.3) is 5.91 Å². The normalized spacial score (nSPS) is 13.6. The molecule has 5 nitrogen and oxygen atoms in total. The predicted octanol–water partition coefficient (Wildman–Crippen LogP) is 2.72. The molecule has 0 fully saturated rings. The highest BCUT2D eigenvalue weighted by atomic mass is 16.5. The fraction of sp³-hybridized carbons (Fsp3) is 0.412. The Balaban J connectivity index is 1.63. The summed E-state index contributed by atoms with van der Waals surface area (Å²) in [6.07, 6.45) is 5.48. The Bertz CT molecular complexity index is 676. The number of carbonyl (C=O) groups excluding carboxylic acids is 1. The summed E-state index contributed by atoms with van der Waals surface area (Å²) in [5, 5.41) is 7.13. The van der Waals surface area contributed by atoms with Crippen LogP contribution in [0.2, 0.25) is 0 Å². The summed E-state index contributed by atoms with van der Waals surface area (Å²) in [5.74, 6) is 0.875. The molecule has 2 aromatic rings. The molecule has 2 heterocycles. The molecule has 0 atom stereocenters. The molecular weight excluding hydrogens is 278 g/mol. The van der Waals surface area contributed by atoms with Crippen molar-refractivity contribution in [3.05, 3.63) is 47.3 Å². The molecule has 1 amide bonds. The van der Waals surface area contributed by atoms with Crippen LogP contribution >= 0.6 is 0 Å². The van der Waals surface area contributed by atoms with Gasteiger partial charge in [-0.3, -0.25) is 9.48 Å². The van der Waals surface area contributed by atoms with Crippen molar-refractivity contribution in [3.8, 4) is 5.75 Å². The number of fused-ring (bicyclic) bond motifs is 1. The Kier molecular flexibility index (Phi) is 4.13. The second-order valence-electron chi connectivity index (χ2n) is 5.88. The van der Waals surface area contributed by atoms with E-state index in [-0.39, 0.29) is 11.9 Å². The van der Waals surface area contributed by atoms with E-state index in [1.165, 1.54) is 5.56 Å². The number of benzene rings is 1. The highest BCUT2D eigenvalue weighted by Crippen LogP contribution is 2.25. The van der Waals surface area contributed by atoms with Crippen molar-refractivity contribution in [2.75, 3.05) is 6.61 Å². The van der Waals surface area contributed by atoms with Gasteiger partial charge in [-0.25, -0.2) is 0 Å². The standard InChI is InChI=1S/C17H21N3O2/c1-12(2)20-11-15(10-19-20)17(21)18-9-13-5-6-16-14(8-13)4-3-7-22-16/h5-6,8,10-12H,3-4,7,9H2,1-2H3,(H,18,21). The Morgan fingerprint density at radius 2 is 2.32 bits per heavy atom. The number of ether oxygens (including phenoxy) is 1. The van der Waals surface area contributed by atoms with Gasteiger partial charge in [0, 0.05) is 18.8 Å². The summed E-state index contributed by atoms with van der Waals surface area (Å²) in [4.78, 5) is 12.2. The van der Waals surface area contributed by atoms with E-state index in [1.807, 2.05) is 26.0 Å². The zero-order valence-corrected chi connectivity index (χ0v) is 13.0. The van der Waals surface area contributed by atoms with E-state index in [0.717, 1.165) is 30.8 Å². The quantitative estimate of drug-likeness (QED) is 0.944. The molecule has 0 bridgehead atoms. The highest BCUT2D eigenvalue weighted by Gasteiger charge is 2.12. The van der Waals surface area contributed by atoms with E-state index in [2.05, 4.69) is 16.5 Å². The van der Waals surface area contributed by atoms with Crippen LogP contribution in [0.25, 0.3) is 0 Å². The number of hydrogen-bond acceptors (Lipinski definition) is 3. The fourth-order valence-electron chi connectivity index (χ4n) is 2.55. The molecular formula is C17H21N3O2. The van der Waals surface area contributed by atoms with Gasteiger partial charge in [-0.2, -0.15) is 5.10 Å². The molecule has 1 aliphatic heterocycles. The molecule has 22 heavy (non-hydrogen) atoms. The molecule has 3 rings (SSSR count). The maximum Gasteiger partial charge on any atom is 0.254 e. The molecule has 0 radical (unpaired) electrons. The molecule has 116 valence electrons. The van der Waals surface area contributed by atoms with E-state index >= 15 is 0 Å². The number of aromatic nitrogens is 2. The first kappa shape index (κ1) is 14.6. The lowest BCUT2D eigenvalue weighted by Crippen LogP contribution is -2.22. The number of nitrogens with one attached hydrogen (secondary N) is 1. The van der Waals surface area contributed by atoms with Crippen molar-refractivity contribution >= 4 is 5.91 Å². The molecule has 0 aliphatic carbocycles. The lowest BCUT2D eigenvalue weighted by atomic mass is 10.0. The summed E-state index contributed by atoms with van der Waals surface area (Å²) < 4.78 is 7.38. The van der Waals surface area contributed by atoms with Crippen molar-refractivity contribution in [3.63, 3.8) is 0 Å². The smallest absolute Gasteiger partial charge is 0.254 e. The highest BCUT2D eigenvalue weighted by molar-refractivity contribution is 5.93. The van der Waals surface area contributed by atoms with Crippen LogP contribution in [0.3, 0.4) is 0 Å². The van der Waals surface area contributed by atoms with Crippen molar-refractivity contribution in [1.82, 2.24) is 15.1 Å². The SMILES string of the molecule is CC(C)n1cc(C(=O)NCc2ccc3c(c2)CCCO3)cn1. The number of aryl methyl sites for hydroxylation is 1. The Labute approximate surface area is 130 Å². The van der Waals surface area contributed by atoms with E-state index in [0.29, 0.717) is 12.1 Å². The van der Waals surface area contributed by atoms with Gasteiger partial charge in [-0.1, -0.05) is 12.1 Å². The Morgan fingerprint density at radius 3 is 3.09 bits per heavy atom. The van der Waals surface area contributed by atoms with Gasteiger partial charge < -0.3 is 10.1 Å². The minimum absolute atomic E-state index is 0.0964. The Hall–Kier alpha value is -2.30. The van der Waals surface area contributed by atoms with Crippen molar-refractivity contribution < 1.29 is 9.53 Å². The van der Waals surface area contributed by atoms with Gasteiger partial charge in [-0.05, 0) is 43.9 Å². The van der Waals surface area contributed by atoms with E-state index in [9.17, 15) is 4.79 Å². The monoisotopic (exact) mass is 299 g/mol. The van der Waals surface area contributed by atoms with Gasteiger partial charge in [0.2, 0.25) is 0 Å². The van der Waals surface area contributed by atoms with Crippen LogP contribution in [0.1, 0.15) is 47.8 Å². The van der Waals surface area contributed by atoms with Gasteiger partial charge >= 0.3 is 0 Å². The van der Waals surface area contributed by atoms with E-state index in [4.69, 9.17) is 4.74 Å². The van der Waals surface area contributed by atoms with Crippen LogP contribution in [0.5, 0.6) is 5.75 Å². The second-order valence-corrected chi connectivity index (χ2v) is 5.88. The average Bonchev–Trinajstić information content (AvgIpc) is 3.03. The van der Waals surface area contributed by atoms with Crippen LogP contribution in [0.15, 0.2) is 30.6 Å². The topological polar surface area (TPSA) is 56.2 Å². The number of amides is 1. The molecule has 5 heteroatoms. The summed E-state index contributed by atoms with van der Waals surface area (Å²) in [6.45, 7) is 5.37. The largest absolute Gasteiger partial charge is 0.493 e. The number of hydrogen-bond donors (Lipinski definition) is 1. The zero-order valence-electron chi connectivity index (χ0n) is 13.0. The molecule has 0 saturated heterocycles. The third kappa shape index (κ3) is 3.13. The third-order valence-corrected chi connectivity index (χ3v) is 3.82. The summed E-state index contributed by atoms with van der Waals surface area (Å²) in [7, 11) is 0. The summed E-state index contributed by atoms with van der Waals surface area (Å²) in [6, 6.07) is 6.36. The second kappa shape index (κ2) is 6.22. The van der Waals surface area contributed by atoms with Crippen LogP contribution in [-0.2, 0) is 13.0 Å². The van der Waals surface area contributed by atoms with Crippen LogP contribution < -0.4 is 10.1 Å². The average molecular weight is 299 g/mol. The summed E-state index contributed by atoms with van der Waals surface area (Å²) in [5.41, 5.74) is 2.91. The number of rotatable bonds is 4. The van der Waals surface area contributed by atoms with Crippen molar-refractivity contribution in [2.45, 2.75) is 39.3 Å². The maximum atomic E-state index is 12.2. The first-order valence-electron chi connectivity index (χ1n) is 7.70. The van der Waals surface area contributed by atoms with Crippen molar-refractivity contribution in [1.29, 1.82) is 0 Å². The molecule has 1 N–H and O–H groups in total. The first-order valence-corrected chi connectivity index (χ1v) is 7.70. The minimum Gasteiger partial charge on any atom is -0.493 e.